The number of esters is 1. The van der Waals surface area contributed by atoms with Gasteiger partial charge in [0.1, 0.15) is 17.4 Å². The van der Waals surface area contributed by atoms with E-state index in [9.17, 15) is 9.59 Å². The molecule has 0 aliphatic carbocycles. The van der Waals surface area contributed by atoms with Crippen LogP contribution in [0.4, 0.5) is 0 Å². The SMILES string of the molecule is CCC(C(=O)NCc1ccc(C)o1)C(=O)OC. The van der Waals surface area contributed by atoms with Gasteiger partial charge in [-0.2, -0.15) is 0 Å². The van der Waals surface area contributed by atoms with Crippen molar-refractivity contribution in [3.8, 4) is 0 Å². The first-order valence-electron chi connectivity index (χ1n) is 5.49. The standard InChI is InChI=1S/C12H17NO4/c1-4-10(12(15)16-3)11(14)13-7-9-6-5-8(2)17-9/h5-6,10H,4,7H2,1-3H3,(H,13,14). The molecule has 1 N–H and O–H groups in total. The summed E-state index contributed by atoms with van der Waals surface area (Å²) in [5, 5.41) is 2.64. The highest BCUT2D eigenvalue weighted by Crippen LogP contribution is 2.08. The first kappa shape index (κ1) is 13.3. The number of methoxy groups -OCH3 is 1. The Morgan fingerprint density at radius 1 is 1.47 bits per heavy atom. The molecule has 0 saturated heterocycles. The van der Waals surface area contributed by atoms with Gasteiger partial charge in [-0.1, -0.05) is 6.92 Å². The van der Waals surface area contributed by atoms with Crippen molar-refractivity contribution >= 4 is 11.9 Å². The van der Waals surface area contributed by atoms with Crippen LogP contribution in [0.15, 0.2) is 16.5 Å². The fraction of sp³-hybridized carbons (Fsp3) is 0.500. The molecular formula is C12H17NO4. The molecule has 0 bridgehead atoms. The minimum Gasteiger partial charge on any atom is -0.468 e. The van der Waals surface area contributed by atoms with Gasteiger partial charge in [-0.25, -0.2) is 0 Å². The second-order valence-corrected chi connectivity index (χ2v) is 3.71. The van der Waals surface area contributed by atoms with Crippen molar-refractivity contribution in [2.75, 3.05) is 7.11 Å². The smallest absolute Gasteiger partial charge is 0.318 e. The zero-order valence-electron chi connectivity index (χ0n) is 10.3. The first-order chi connectivity index (χ1) is 8.08. The van der Waals surface area contributed by atoms with Crippen molar-refractivity contribution in [3.63, 3.8) is 0 Å². The lowest BCUT2D eigenvalue weighted by atomic mass is 10.1. The molecule has 1 atom stereocenters. The lowest BCUT2D eigenvalue weighted by Crippen LogP contribution is -2.35. The fourth-order valence-corrected chi connectivity index (χ4v) is 1.48. The van der Waals surface area contributed by atoms with Crippen LogP contribution in [0.5, 0.6) is 0 Å². The fourth-order valence-electron chi connectivity index (χ4n) is 1.48. The van der Waals surface area contributed by atoms with E-state index < -0.39 is 11.9 Å². The lowest BCUT2D eigenvalue weighted by Gasteiger charge is -2.11. The highest BCUT2D eigenvalue weighted by molar-refractivity contribution is 5.97. The van der Waals surface area contributed by atoms with Gasteiger partial charge in [0.15, 0.2) is 0 Å². The molecule has 0 saturated carbocycles. The maximum absolute atomic E-state index is 11.7. The van der Waals surface area contributed by atoms with Crippen LogP contribution in [0, 0.1) is 12.8 Å². The quantitative estimate of drug-likeness (QED) is 0.623. The molecule has 1 heterocycles. The van der Waals surface area contributed by atoms with Gasteiger partial charge in [-0.05, 0) is 25.5 Å². The average Bonchev–Trinajstić information content (AvgIpc) is 2.73. The highest BCUT2D eigenvalue weighted by Gasteiger charge is 2.25. The summed E-state index contributed by atoms with van der Waals surface area (Å²) in [4.78, 5) is 23.0. The predicted octanol–water partition coefficient (Wildman–Crippen LogP) is 1.40. The van der Waals surface area contributed by atoms with E-state index in [1.165, 1.54) is 7.11 Å². The van der Waals surface area contributed by atoms with Crippen molar-refractivity contribution in [2.24, 2.45) is 5.92 Å². The van der Waals surface area contributed by atoms with E-state index in [1.807, 2.05) is 13.0 Å². The summed E-state index contributed by atoms with van der Waals surface area (Å²) >= 11 is 0. The predicted molar refractivity (Wildman–Crippen MR) is 61.1 cm³/mol. The second kappa shape index (κ2) is 6.08. The molecule has 94 valence electrons. The Balaban J connectivity index is 2.50. The van der Waals surface area contributed by atoms with Crippen molar-refractivity contribution < 1.29 is 18.7 Å². The second-order valence-electron chi connectivity index (χ2n) is 3.71. The summed E-state index contributed by atoms with van der Waals surface area (Å²) in [5.74, 6) is -0.157. The van der Waals surface area contributed by atoms with Crippen LogP contribution in [0.25, 0.3) is 0 Å². The molecule has 1 aromatic rings. The number of ether oxygens (including phenoxy) is 1. The average molecular weight is 239 g/mol. The highest BCUT2D eigenvalue weighted by atomic mass is 16.5. The summed E-state index contributed by atoms with van der Waals surface area (Å²) < 4.78 is 9.86. The molecule has 0 fully saturated rings. The third-order valence-electron chi connectivity index (χ3n) is 2.44. The Morgan fingerprint density at radius 3 is 2.65 bits per heavy atom. The Morgan fingerprint density at radius 2 is 2.18 bits per heavy atom. The summed E-state index contributed by atoms with van der Waals surface area (Å²) in [6.07, 6.45) is 0.412. The molecule has 1 amide bonds. The summed E-state index contributed by atoms with van der Waals surface area (Å²) in [6.45, 7) is 3.87. The topological polar surface area (TPSA) is 68.5 Å². The van der Waals surface area contributed by atoms with Gasteiger partial charge in [0.05, 0.1) is 13.7 Å². The minimum absolute atomic E-state index is 0.278. The summed E-state index contributed by atoms with van der Waals surface area (Å²) in [6, 6.07) is 3.60. The molecule has 0 aliphatic heterocycles. The van der Waals surface area contributed by atoms with Gasteiger partial charge in [-0.3, -0.25) is 9.59 Å². The number of furan rings is 1. The summed E-state index contributed by atoms with van der Waals surface area (Å²) in [5.41, 5.74) is 0. The van der Waals surface area contributed by atoms with E-state index in [2.05, 4.69) is 10.1 Å². The number of hydrogen-bond acceptors (Lipinski definition) is 4. The lowest BCUT2D eigenvalue weighted by molar-refractivity contribution is -0.150. The molecule has 0 aromatic carbocycles. The van der Waals surface area contributed by atoms with Crippen molar-refractivity contribution in [1.82, 2.24) is 5.32 Å². The van der Waals surface area contributed by atoms with Gasteiger partial charge in [0.25, 0.3) is 0 Å². The van der Waals surface area contributed by atoms with Crippen molar-refractivity contribution in [2.45, 2.75) is 26.8 Å². The molecule has 17 heavy (non-hydrogen) atoms. The molecule has 1 unspecified atom stereocenters. The number of aryl methyl sites for hydroxylation is 1. The van der Waals surface area contributed by atoms with E-state index >= 15 is 0 Å². The molecule has 0 radical (unpaired) electrons. The Kier molecular flexibility index (Phi) is 4.75. The van der Waals surface area contributed by atoms with Crippen LogP contribution in [0.3, 0.4) is 0 Å². The van der Waals surface area contributed by atoms with Crippen molar-refractivity contribution in [3.05, 3.63) is 23.7 Å². The van der Waals surface area contributed by atoms with E-state index in [0.717, 1.165) is 5.76 Å². The van der Waals surface area contributed by atoms with Gasteiger partial charge in [0, 0.05) is 0 Å². The minimum atomic E-state index is -0.754. The zero-order chi connectivity index (χ0) is 12.8. The summed E-state index contributed by atoms with van der Waals surface area (Å²) in [7, 11) is 1.27. The zero-order valence-corrected chi connectivity index (χ0v) is 10.3. The largest absolute Gasteiger partial charge is 0.468 e. The Hall–Kier alpha value is -1.78. The normalized spacial score (nSPS) is 11.9. The molecule has 5 heteroatoms. The third kappa shape index (κ3) is 3.62. The molecule has 0 aliphatic rings. The Bertz CT molecular complexity index is 397. The van der Waals surface area contributed by atoms with Crippen LogP contribution in [0.1, 0.15) is 24.9 Å². The first-order valence-corrected chi connectivity index (χ1v) is 5.49. The molecule has 0 spiro atoms. The van der Waals surface area contributed by atoms with E-state index in [0.29, 0.717) is 12.2 Å². The van der Waals surface area contributed by atoms with Crippen molar-refractivity contribution in [1.29, 1.82) is 0 Å². The van der Waals surface area contributed by atoms with Crippen LogP contribution in [0.2, 0.25) is 0 Å². The monoisotopic (exact) mass is 239 g/mol. The van der Waals surface area contributed by atoms with Gasteiger partial charge >= 0.3 is 5.97 Å². The number of carbonyl (C=O) groups excluding carboxylic acids is 2. The van der Waals surface area contributed by atoms with Gasteiger partial charge < -0.3 is 14.5 Å². The van der Waals surface area contributed by atoms with E-state index in [1.54, 1.807) is 13.0 Å². The van der Waals surface area contributed by atoms with E-state index in [4.69, 9.17) is 4.42 Å². The Labute approximate surface area is 100 Å². The molecular weight excluding hydrogens is 222 g/mol. The van der Waals surface area contributed by atoms with Crippen LogP contribution in [-0.4, -0.2) is 19.0 Å². The number of amides is 1. The van der Waals surface area contributed by atoms with Crippen LogP contribution >= 0.6 is 0 Å². The third-order valence-corrected chi connectivity index (χ3v) is 2.44. The number of carbonyl (C=O) groups is 2. The maximum atomic E-state index is 11.7. The van der Waals surface area contributed by atoms with Crippen LogP contribution < -0.4 is 5.32 Å². The van der Waals surface area contributed by atoms with Gasteiger partial charge in [-0.15, -0.1) is 0 Å². The van der Waals surface area contributed by atoms with E-state index in [-0.39, 0.29) is 12.5 Å². The number of rotatable bonds is 5. The van der Waals surface area contributed by atoms with Crippen LogP contribution in [-0.2, 0) is 20.9 Å². The van der Waals surface area contributed by atoms with Gasteiger partial charge in [0.2, 0.25) is 5.91 Å². The number of hydrogen-bond donors (Lipinski definition) is 1. The maximum Gasteiger partial charge on any atom is 0.318 e. The molecule has 1 aromatic heterocycles. The molecule has 1 rings (SSSR count). The number of nitrogens with one attached hydrogen (secondary N) is 1. The molecule has 5 nitrogen and oxygen atoms in total.